The van der Waals surface area contributed by atoms with Gasteiger partial charge < -0.3 is 11.1 Å². The fraction of sp³-hybridized carbons (Fsp3) is 0.462. The molecule has 0 bridgehead atoms. The number of nitrogens with one attached hydrogen (secondary N) is 1. The van der Waals surface area contributed by atoms with E-state index in [9.17, 15) is 9.18 Å². The van der Waals surface area contributed by atoms with Crippen LogP contribution in [0.1, 0.15) is 36.5 Å². The summed E-state index contributed by atoms with van der Waals surface area (Å²) in [7, 11) is 0. The summed E-state index contributed by atoms with van der Waals surface area (Å²) in [5.41, 5.74) is 6.05. The monoisotopic (exact) mass is 238 g/mol. The van der Waals surface area contributed by atoms with Crippen molar-refractivity contribution in [3.63, 3.8) is 0 Å². The molecular weight excluding hydrogens is 219 g/mol. The van der Waals surface area contributed by atoms with E-state index in [2.05, 4.69) is 12.2 Å². The second kappa shape index (κ2) is 7.01. The van der Waals surface area contributed by atoms with Crippen LogP contribution in [0, 0.1) is 5.82 Å². The Kier molecular flexibility index (Phi) is 5.63. The number of carbonyl (C=O) groups excluding carboxylic acids is 1. The molecule has 0 aliphatic rings. The molecule has 1 aromatic rings. The van der Waals surface area contributed by atoms with Gasteiger partial charge in [-0.2, -0.15) is 0 Å². The lowest BCUT2D eigenvalue weighted by atomic mass is 10.1. The molecule has 0 aliphatic heterocycles. The van der Waals surface area contributed by atoms with E-state index in [0.717, 1.165) is 19.3 Å². The van der Waals surface area contributed by atoms with E-state index in [1.165, 1.54) is 24.3 Å². The number of carbonyl (C=O) groups is 1. The summed E-state index contributed by atoms with van der Waals surface area (Å²) in [4.78, 5) is 11.8. The lowest BCUT2D eigenvalue weighted by Gasteiger charge is -2.16. The number of amides is 1. The summed E-state index contributed by atoms with van der Waals surface area (Å²) in [6.45, 7) is 2.52. The van der Waals surface area contributed by atoms with Crippen LogP contribution in [0.15, 0.2) is 24.3 Å². The molecule has 1 rings (SSSR count). The molecule has 1 amide bonds. The Morgan fingerprint density at radius 1 is 1.41 bits per heavy atom. The summed E-state index contributed by atoms with van der Waals surface area (Å²) in [6.07, 6.45) is 2.98. The molecule has 1 atom stereocenters. The first-order chi connectivity index (χ1) is 8.17. The first-order valence-corrected chi connectivity index (χ1v) is 5.94. The first-order valence-electron chi connectivity index (χ1n) is 5.94. The van der Waals surface area contributed by atoms with Crippen molar-refractivity contribution >= 4 is 5.91 Å². The van der Waals surface area contributed by atoms with Crippen molar-refractivity contribution < 1.29 is 9.18 Å². The molecule has 1 aromatic carbocycles. The first kappa shape index (κ1) is 13.6. The lowest BCUT2D eigenvalue weighted by molar-refractivity contribution is 0.0935. The maximum absolute atomic E-state index is 12.7. The van der Waals surface area contributed by atoms with Crippen LogP contribution >= 0.6 is 0 Å². The largest absolute Gasteiger partial charge is 0.348 e. The van der Waals surface area contributed by atoms with E-state index in [1.54, 1.807) is 0 Å². The van der Waals surface area contributed by atoms with Gasteiger partial charge in [-0.15, -0.1) is 0 Å². The van der Waals surface area contributed by atoms with Gasteiger partial charge in [0.1, 0.15) is 5.82 Å². The van der Waals surface area contributed by atoms with Crippen LogP contribution in [-0.2, 0) is 0 Å². The van der Waals surface area contributed by atoms with Crippen molar-refractivity contribution in [2.45, 2.75) is 32.2 Å². The fourth-order valence-electron chi connectivity index (χ4n) is 1.57. The van der Waals surface area contributed by atoms with Gasteiger partial charge in [-0.25, -0.2) is 4.39 Å². The second-order valence-corrected chi connectivity index (χ2v) is 4.06. The van der Waals surface area contributed by atoms with Crippen LogP contribution in [0.4, 0.5) is 4.39 Å². The predicted octanol–water partition coefficient (Wildman–Crippen LogP) is 2.07. The number of hydrogen-bond acceptors (Lipinski definition) is 2. The topological polar surface area (TPSA) is 55.1 Å². The highest BCUT2D eigenvalue weighted by atomic mass is 19.1. The zero-order valence-electron chi connectivity index (χ0n) is 10.1. The maximum atomic E-state index is 12.7. The Bertz CT molecular complexity index is 351. The molecular formula is C13H19FN2O. The maximum Gasteiger partial charge on any atom is 0.251 e. The number of hydrogen-bond donors (Lipinski definition) is 2. The molecule has 94 valence electrons. The molecule has 0 saturated heterocycles. The van der Waals surface area contributed by atoms with Gasteiger partial charge in [-0.3, -0.25) is 4.79 Å². The van der Waals surface area contributed by atoms with Gasteiger partial charge >= 0.3 is 0 Å². The zero-order valence-corrected chi connectivity index (χ0v) is 10.1. The van der Waals surface area contributed by atoms with Crippen molar-refractivity contribution in [2.24, 2.45) is 5.73 Å². The highest BCUT2D eigenvalue weighted by Crippen LogP contribution is 2.05. The minimum absolute atomic E-state index is 0.00694. The highest BCUT2D eigenvalue weighted by Gasteiger charge is 2.11. The Hall–Kier alpha value is -1.42. The van der Waals surface area contributed by atoms with Crippen molar-refractivity contribution in [3.8, 4) is 0 Å². The standard InChI is InChI=1S/C13H19FN2O/c1-2-3-4-12(9-15)16-13(17)10-5-7-11(14)8-6-10/h5-8,12H,2-4,9,15H2,1H3,(H,16,17). The third-order valence-corrected chi connectivity index (χ3v) is 2.63. The molecule has 1 unspecified atom stereocenters. The summed E-state index contributed by atoms with van der Waals surface area (Å²) >= 11 is 0. The summed E-state index contributed by atoms with van der Waals surface area (Å²) in [6, 6.07) is 5.49. The molecule has 0 aliphatic carbocycles. The molecule has 0 saturated carbocycles. The van der Waals surface area contributed by atoms with Gasteiger partial charge in [0.15, 0.2) is 0 Å². The predicted molar refractivity (Wildman–Crippen MR) is 66.2 cm³/mol. The SMILES string of the molecule is CCCCC(CN)NC(=O)c1ccc(F)cc1. The van der Waals surface area contributed by atoms with Gasteiger partial charge in [0.25, 0.3) is 5.91 Å². The molecule has 4 heteroatoms. The van der Waals surface area contributed by atoms with Crippen LogP contribution in [-0.4, -0.2) is 18.5 Å². The number of rotatable bonds is 6. The van der Waals surface area contributed by atoms with Crippen LogP contribution in [0.2, 0.25) is 0 Å². The Labute approximate surface area is 101 Å². The second-order valence-electron chi connectivity index (χ2n) is 4.06. The van der Waals surface area contributed by atoms with E-state index in [0.29, 0.717) is 12.1 Å². The number of nitrogens with two attached hydrogens (primary N) is 1. The third kappa shape index (κ3) is 4.53. The van der Waals surface area contributed by atoms with E-state index in [1.807, 2.05) is 0 Å². The van der Waals surface area contributed by atoms with Crippen LogP contribution in [0.5, 0.6) is 0 Å². The molecule has 0 radical (unpaired) electrons. The van der Waals surface area contributed by atoms with Crippen molar-refractivity contribution in [1.82, 2.24) is 5.32 Å². The Morgan fingerprint density at radius 2 is 2.06 bits per heavy atom. The van der Waals surface area contributed by atoms with E-state index < -0.39 is 0 Å². The van der Waals surface area contributed by atoms with Gasteiger partial charge in [-0.05, 0) is 30.7 Å². The summed E-state index contributed by atoms with van der Waals surface area (Å²) in [5, 5.41) is 2.85. The minimum Gasteiger partial charge on any atom is -0.348 e. The van der Waals surface area contributed by atoms with Gasteiger partial charge in [0.05, 0.1) is 0 Å². The van der Waals surface area contributed by atoms with Gasteiger partial charge in [-0.1, -0.05) is 19.8 Å². The molecule has 0 heterocycles. The van der Waals surface area contributed by atoms with E-state index in [4.69, 9.17) is 5.73 Å². The van der Waals surface area contributed by atoms with Crippen LogP contribution in [0.25, 0.3) is 0 Å². The number of benzene rings is 1. The molecule has 3 N–H and O–H groups in total. The molecule has 17 heavy (non-hydrogen) atoms. The average molecular weight is 238 g/mol. The van der Waals surface area contributed by atoms with Crippen molar-refractivity contribution in [3.05, 3.63) is 35.6 Å². The lowest BCUT2D eigenvalue weighted by Crippen LogP contribution is -2.40. The Morgan fingerprint density at radius 3 is 2.59 bits per heavy atom. The minimum atomic E-state index is -0.345. The third-order valence-electron chi connectivity index (χ3n) is 2.63. The van der Waals surface area contributed by atoms with Crippen molar-refractivity contribution in [2.75, 3.05) is 6.54 Å². The number of halogens is 1. The molecule has 3 nitrogen and oxygen atoms in total. The van der Waals surface area contributed by atoms with E-state index >= 15 is 0 Å². The highest BCUT2D eigenvalue weighted by molar-refractivity contribution is 5.94. The molecule has 0 spiro atoms. The number of unbranched alkanes of at least 4 members (excludes halogenated alkanes) is 1. The quantitative estimate of drug-likeness (QED) is 0.797. The zero-order chi connectivity index (χ0) is 12.7. The van der Waals surface area contributed by atoms with Gasteiger partial charge in [0.2, 0.25) is 0 Å². The normalized spacial score (nSPS) is 12.2. The smallest absolute Gasteiger partial charge is 0.251 e. The molecule has 0 aromatic heterocycles. The molecule has 0 fully saturated rings. The summed E-state index contributed by atoms with van der Waals surface area (Å²) < 4.78 is 12.7. The van der Waals surface area contributed by atoms with E-state index in [-0.39, 0.29) is 17.8 Å². The summed E-state index contributed by atoms with van der Waals surface area (Å²) in [5.74, 6) is -0.542. The van der Waals surface area contributed by atoms with Gasteiger partial charge in [0, 0.05) is 18.2 Å². The van der Waals surface area contributed by atoms with Crippen LogP contribution in [0.3, 0.4) is 0 Å². The van der Waals surface area contributed by atoms with Crippen LogP contribution < -0.4 is 11.1 Å². The van der Waals surface area contributed by atoms with Crippen molar-refractivity contribution in [1.29, 1.82) is 0 Å². The fourth-order valence-corrected chi connectivity index (χ4v) is 1.57. The average Bonchev–Trinajstić information content (AvgIpc) is 2.35. The Balaban J connectivity index is 2.54.